The Labute approximate surface area is 157 Å². The first-order valence-electron chi connectivity index (χ1n) is 8.45. The highest BCUT2D eigenvalue weighted by molar-refractivity contribution is 7.89. The number of hydrogen-bond donors (Lipinski definition) is 1. The molecule has 1 aromatic heterocycles. The molecule has 0 bridgehead atoms. The molecule has 2 heterocycles. The summed E-state index contributed by atoms with van der Waals surface area (Å²) in [6.45, 7) is 0.530. The number of sulfonamides is 1. The van der Waals surface area contributed by atoms with Crippen LogP contribution in [-0.4, -0.2) is 29.2 Å². The summed E-state index contributed by atoms with van der Waals surface area (Å²) in [6, 6.07) is 15.7. The van der Waals surface area contributed by atoms with E-state index in [9.17, 15) is 8.42 Å². The average molecular weight is 382 g/mol. The van der Waals surface area contributed by atoms with Gasteiger partial charge in [0.25, 0.3) is 0 Å². The number of nitrogens with zero attached hydrogens (tertiary/aromatic N) is 3. The van der Waals surface area contributed by atoms with Crippen molar-refractivity contribution in [2.24, 2.45) is 0 Å². The van der Waals surface area contributed by atoms with E-state index in [0.717, 1.165) is 5.56 Å². The van der Waals surface area contributed by atoms with Crippen molar-refractivity contribution in [2.45, 2.75) is 17.9 Å². The van der Waals surface area contributed by atoms with E-state index in [1.807, 2.05) is 30.3 Å². The van der Waals surface area contributed by atoms with Crippen molar-refractivity contribution in [3.8, 4) is 11.5 Å². The van der Waals surface area contributed by atoms with E-state index in [-0.39, 0.29) is 11.4 Å². The SMILES string of the molecule is Nc1ncnc2c1CCN(S(=O)(=O)c1ccc(Oc3ccccc3)cc1)C2. The van der Waals surface area contributed by atoms with E-state index in [1.165, 1.54) is 10.6 Å². The van der Waals surface area contributed by atoms with Crippen LogP contribution in [0.4, 0.5) is 5.82 Å². The lowest BCUT2D eigenvalue weighted by molar-refractivity contribution is 0.385. The number of benzene rings is 2. The molecule has 1 aliphatic rings. The Morgan fingerprint density at radius 1 is 0.963 bits per heavy atom. The monoisotopic (exact) mass is 382 g/mol. The predicted molar refractivity (Wildman–Crippen MR) is 101 cm³/mol. The highest BCUT2D eigenvalue weighted by Crippen LogP contribution is 2.28. The zero-order valence-corrected chi connectivity index (χ0v) is 15.3. The van der Waals surface area contributed by atoms with E-state index in [0.29, 0.717) is 36.0 Å². The molecule has 0 atom stereocenters. The van der Waals surface area contributed by atoms with Gasteiger partial charge in [0, 0.05) is 12.1 Å². The number of hydrogen-bond acceptors (Lipinski definition) is 6. The van der Waals surface area contributed by atoms with Crippen LogP contribution in [0.3, 0.4) is 0 Å². The lowest BCUT2D eigenvalue weighted by atomic mass is 10.1. The van der Waals surface area contributed by atoms with Gasteiger partial charge in [-0.3, -0.25) is 0 Å². The number of aromatic nitrogens is 2. The minimum atomic E-state index is -3.63. The van der Waals surface area contributed by atoms with Crippen LogP contribution in [0, 0.1) is 0 Å². The van der Waals surface area contributed by atoms with E-state index in [2.05, 4.69) is 9.97 Å². The Kier molecular flexibility index (Phi) is 4.51. The van der Waals surface area contributed by atoms with Crippen LogP contribution in [0.1, 0.15) is 11.3 Å². The summed E-state index contributed by atoms with van der Waals surface area (Å²) in [6.07, 6.45) is 1.86. The Morgan fingerprint density at radius 3 is 2.41 bits per heavy atom. The zero-order chi connectivity index (χ0) is 18.9. The molecule has 8 heteroatoms. The lowest BCUT2D eigenvalue weighted by Gasteiger charge is -2.27. The molecule has 2 aromatic carbocycles. The Balaban J connectivity index is 1.54. The molecule has 0 aliphatic carbocycles. The number of nitrogen functional groups attached to an aromatic ring is 1. The maximum absolute atomic E-state index is 13.0. The molecule has 0 unspecified atom stereocenters. The number of ether oxygens (including phenoxy) is 1. The van der Waals surface area contributed by atoms with Gasteiger partial charge in [0.2, 0.25) is 10.0 Å². The summed E-state index contributed by atoms with van der Waals surface area (Å²) in [5, 5.41) is 0. The summed E-state index contributed by atoms with van der Waals surface area (Å²) in [5.41, 5.74) is 7.34. The molecule has 0 radical (unpaired) electrons. The standard InChI is InChI=1S/C19H18N4O3S/c20-19-17-10-11-23(12-18(17)21-13-22-19)27(24,25)16-8-6-15(7-9-16)26-14-4-2-1-3-5-14/h1-9,13H,10-12H2,(H2,20,21,22). The van der Waals surface area contributed by atoms with Crippen LogP contribution in [0.25, 0.3) is 0 Å². The van der Waals surface area contributed by atoms with Gasteiger partial charge in [-0.1, -0.05) is 18.2 Å². The fourth-order valence-corrected chi connectivity index (χ4v) is 4.42. The largest absolute Gasteiger partial charge is 0.457 e. The fourth-order valence-electron chi connectivity index (χ4n) is 3.01. The lowest BCUT2D eigenvalue weighted by Crippen LogP contribution is -2.36. The van der Waals surface area contributed by atoms with Gasteiger partial charge >= 0.3 is 0 Å². The molecule has 0 fully saturated rings. The zero-order valence-electron chi connectivity index (χ0n) is 14.4. The molecule has 0 amide bonds. The second kappa shape index (κ2) is 6.98. The van der Waals surface area contributed by atoms with Crippen LogP contribution in [0.15, 0.2) is 65.8 Å². The number of para-hydroxylation sites is 1. The van der Waals surface area contributed by atoms with E-state index in [1.54, 1.807) is 24.3 Å². The molecule has 138 valence electrons. The maximum atomic E-state index is 13.0. The topological polar surface area (TPSA) is 98.4 Å². The Bertz CT molecular complexity index is 1050. The van der Waals surface area contributed by atoms with Gasteiger partial charge in [0.05, 0.1) is 17.1 Å². The second-order valence-corrected chi connectivity index (χ2v) is 8.10. The third-order valence-electron chi connectivity index (χ3n) is 4.45. The summed E-state index contributed by atoms with van der Waals surface area (Å²) >= 11 is 0. The Hall–Kier alpha value is -2.97. The fraction of sp³-hybridized carbons (Fsp3) is 0.158. The van der Waals surface area contributed by atoms with Crippen molar-refractivity contribution in [3.05, 3.63) is 72.2 Å². The quantitative estimate of drug-likeness (QED) is 0.745. The second-order valence-electron chi connectivity index (χ2n) is 6.16. The van der Waals surface area contributed by atoms with Crippen LogP contribution in [0.2, 0.25) is 0 Å². The average Bonchev–Trinajstić information content (AvgIpc) is 2.69. The smallest absolute Gasteiger partial charge is 0.243 e. The predicted octanol–water partition coefficient (Wildman–Crippen LogP) is 2.60. The highest BCUT2D eigenvalue weighted by Gasteiger charge is 2.30. The van der Waals surface area contributed by atoms with Gasteiger partial charge in [0.15, 0.2) is 0 Å². The molecule has 27 heavy (non-hydrogen) atoms. The van der Waals surface area contributed by atoms with Crippen molar-refractivity contribution in [1.29, 1.82) is 0 Å². The molecule has 4 rings (SSSR count). The minimum Gasteiger partial charge on any atom is -0.457 e. The van der Waals surface area contributed by atoms with Crippen LogP contribution in [-0.2, 0) is 23.0 Å². The third-order valence-corrected chi connectivity index (χ3v) is 6.31. The van der Waals surface area contributed by atoms with E-state index in [4.69, 9.17) is 10.5 Å². The minimum absolute atomic E-state index is 0.187. The van der Waals surface area contributed by atoms with Crippen LogP contribution < -0.4 is 10.5 Å². The van der Waals surface area contributed by atoms with E-state index < -0.39 is 10.0 Å². The first-order chi connectivity index (χ1) is 13.0. The third kappa shape index (κ3) is 3.49. The van der Waals surface area contributed by atoms with Gasteiger partial charge < -0.3 is 10.5 Å². The molecule has 3 aromatic rings. The maximum Gasteiger partial charge on any atom is 0.243 e. The van der Waals surface area contributed by atoms with Gasteiger partial charge in [-0.25, -0.2) is 18.4 Å². The van der Waals surface area contributed by atoms with E-state index >= 15 is 0 Å². The van der Waals surface area contributed by atoms with Gasteiger partial charge in [-0.15, -0.1) is 0 Å². The Morgan fingerprint density at radius 2 is 1.67 bits per heavy atom. The molecule has 0 saturated heterocycles. The summed E-state index contributed by atoms with van der Waals surface area (Å²) in [7, 11) is -3.63. The van der Waals surface area contributed by atoms with Crippen molar-refractivity contribution >= 4 is 15.8 Å². The summed E-state index contributed by atoms with van der Waals surface area (Å²) < 4.78 is 33.0. The van der Waals surface area contributed by atoms with Gasteiger partial charge in [0.1, 0.15) is 23.6 Å². The molecule has 0 spiro atoms. The van der Waals surface area contributed by atoms with Crippen molar-refractivity contribution in [2.75, 3.05) is 12.3 Å². The molecule has 2 N–H and O–H groups in total. The first kappa shape index (κ1) is 17.4. The van der Waals surface area contributed by atoms with Crippen LogP contribution in [0.5, 0.6) is 11.5 Å². The number of fused-ring (bicyclic) bond motifs is 1. The molecule has 7 nitrogen and oxygen atoms in total. The number of nitrogens with two attached hydrogens (primary N) is 1. The van der Waals surface area contributed by atoms with Gasteiger partial charge in [-0.2, -0.15) is 4.31 Å². The first-order valence-corrected chi connectivity index (χ1v) is 9.89. The van der Waals surface area contributed by atoms with Crippen molar-refractivity contribution in [1.82, 2.24) is 14.3 Å². The normalized spacial score (nSPS) is 14.5. The molecule has 1 aliphatic heterocycles. The number of rotatable bonds is 4. The van der Waals surface area contributed by atoms with Crippen LogP contribution >= 0.6 is 0 Å². The molecular weight excluding hydrogens is 364 g/mol. The van der Waals surface area contributed by atoms with Gasteiger partial charge in [-0.05, 0) is 42.8 Å². The van der Waals surface area contributed by atoms with Crippen molar-refractivity contribution in [3.63, 3.8) is 0 Å². The molecule has 0 saturated carbocycles. The highest BCUT2D eigenvalue weighted by atomic mass is 32.2. The van der Waals surface area contributed by atoms with Crippen molar-refractivity contribution < 1.29 is 13.2 Å². The summed E-state index contributed by atoms with van der Waals surface area (Å²) in [4.78, 5) is 8.36. The summed E-state index contributed by atoms with van der Waals surface area (Å²) in [5.74, 6) is 1.68. The molecular formula is C19H18N4O3S. The number of anilines is 1.